The summed E-state index contributed by atoms with van der Waals surface area (Å²) < 4.78 is 18.8. The molecule has 0 spiro atoms. The van der Waals surface area contributed by atoms with Crippen molar-refractivity contribution in [2.75, 3.05) is 7.11 Å². The Labute approximate surface area is 142 Å². The molecule has 3 aromatic rings. The lowest BCUT2D eigenvalue weighted by Crippen LogP contribution is -2.26. The number of rotatable bonds is 6. The third kappa shape index (κ3) is 2.68. The number of ether oxygens (including phenoxy) is 1. The van der Waals surface area contributed by atoms with Gasteiger partial charge in [-0.3, -0.25) is 0 Å². The maximum Gasteiger partial charge on any atom is 0.123 e. The van der Waals surface area contributed by atoms with Gasteiger partial charge in [-0.2, -0.15) is 0 Å². The molecular weight excluding hydrogens is 301 g/mol. The van der Waals surface area contributed by atoms with E-state index in [9.17, 15) is 4.39 Å². The highest BCUT2D eigenvalue weighted by Crippen LogP contribution is 2.43. The van der Waals surface area contributed by atoms with Crippen molar-refractivity contribution in [1.82, 2.24) is 4.98 Å². The second-order valence-corrected chi connectivity index (χ2v) is 6.31. The van der Waals surface area contributed by atoms with Gasteiger partial charge in [0.1, 0.15) is 11.6 Å². The molecule has 1 atom stereocenters. The van der Waals surface area contributed by atoms with Crippen LogP contribution in [0.2, 0.25) is 0 Å². The molecule has 24 heavy (non-hydrogen) atoms. The normalized spacial score (nSPS) is 13.8. The first kappa shape index (κ1) is 16.6. The molecule has 3 heteroatoms. The average Bonchev–Trinajstić information content (AvgIpc) is 3.04. The van der Waals surface area contributed by atoms with Gasteiger partial charge in [-0.25, -0.2) is 4.39 Å². The minimum absolute atomic E-state index is 0.132. The first-order chi connectivity index (χ1) is 11.6. The molecule has 0 amide bonds. The third-order valence-electron chi connectivity index (χ3n) is 5.08. The third-order valence-corrected chi connectivity index (χ3v) is 5.08. The van der Waals surface area contributed by atoms with Crippen LogP contribution >= 0.6 is 0 Å². The highest BCUT2D eigenvalue weighted by Gasteiger charge is 2.34. The minimum Gasteiger partial charge on any atom is -0.497 e. The quantitative estimate of drug-likeness (QED) is 0.607. The van der Waals surface area contributed by atoms with Crippen LogP contribution in [0, 0.1) is 5.82 Å². The summed E-state index contributed by atoms with van der Waals surface area (Å²) in [6.45, 7) is 4.40. The summed E-state index contributed by atoms with van der Waals surface area (Å²) in [5, 5.41) is 1.17. The van der Waals surface area contributed by atoms with Crippen molar-refractivity contribution in [3.05, 3.63) is 65.6 Å². The van der Waals surface area contributed by atoms with Gasteiger partial charge < -0.3 is 9.72 Å². The van der Waals surface area contributed by atoms with E-state index in [2.05, 4.69) is 37.2 Å². The van der Waals surface area contributed by atoms with E-state index in [-0.39, 0.29) is 11.2 Å². The van der Waals surface area contributed by atoms with Crippen LogP contribution in [0.4, 0.5) is 4.39 Å². The smallest absolute Gasteiger partial charge is 0.123 e. The summed E-state index contributed by atoms with van der Waals surface area (Å²) >= 11 is 0. The van der Waals surface area contributed by atoms with Gasteiger partial charge in [0.25, 0.3) is 0 Å². The number of benzene rings is 2. The molecule has 0 saturated heterocycles. The molecule has 1 heterocycles. The lowest BCUT2D eigenvalue weighted by Gasteiger charge is -2.33. The Morgan fingerprint density at radius 1 is 1.08 bits per heavy atom. The molecule has 1 unspecified atom stereocenters. The molecule has 0 radical (unpaired) electrons. The van der Waals surface area contributed by atoms with E-state index in [1.165, 1.54) is 10.9 Å². The fourth-order valence-corrected chi connectivity index (χ4v) is 3.82. The van der Waals surface area contributed by atoms with Crippen molar-refractivity contribution < 1.29 is 9.13 Å². The van der Waals surface area contributed by atoms with Crippen molar-refractivity contribution in [2.24, 2.45) is 0 Å². The lowest BCUT2D eigenvalue weighted by atomic mass is 9.69. The van der Waals surface area contributed by atoms with Crippen LogP contribution < -0.4 is 4.74 Å². The van der Waals surface area contributed by atoms with Crippen molar-refractivity contribution in [1.29, 1.82) is 0 Å². The average molecular weight is 325 g/mol. The van der Waals surface area contributed by atoms with Crippen LogP contribution in [0.15, 0.2) is 48.7 Å². The van der Waals surface area contributed by atoms with Crippen LogP contribution in [0.3, 0.4) is 0 Å². The number of halogens is 1. The van der Waals surface area contributed by atoms with E-state index in [4.69, 9.17) is 4.74 Å². The molecule has 0 aliphatic rings. The highest BCUT2D eigenvalue weighted by molar-refractivity contribution is 5.86. The number of fused-ring (bicyclic) bond motifs is 1. The summed E-state index contributed by atoms with van der Waals surface area (Å²) in [6, 6.07) is 13.1. The predicted octanol–water partition coefficient (Wildman–Crippen LogP) is 5.81. The molecule has 0 aliphatic carbocycles. The highest BCUT2D eigenvalue weighted by atomic mass is 19.1. The molecule has 0 aliphatic heterocycles. The van der Waals surface area contributed by atoms with Crippen LogP contribution in [-0.4, -0.2) is 12.1 Å². The first-order valence-corrected chi connectivity index (χ1v) is 8.56. The van der Waals surface area contributed by atoms with Crippen LogP contribution in [0.25, 0.3) is 10.9 Å². The molecule has 3 rings (SSSR count). The Morgan fingerprint density at radius 2 is 1.83 bits per heavy atom. The standard InChI is InChI=1S/C21H24FNO/c1-4-12-21(5-2,15-6-8-16(22)9-7-15)19-14-23-20-11-10-17(24-3)13-18(19)20/h6-11,13-14,23H,4-5,12H2,1-3H3. The monoisotopic (exact) mass is 325 g/mol. The SMILES string of the molecule is CCCC(CC)(c1ccc(F)cc1)c1c[nH]c2ccc(OC)cc12. The Bertz CT molecular complexity index is 821. The number of aromatic amines is 1. The molecule has 2 aromatic carbocycles. The molecule has 1 aromatic heterocycles. The fourth-order valence-electron chi connectivity index (χ4n) is 3.82. The summed E-state index contributed by atoms with van der Waals surface area (Å²) in [5.41, 5.74) is 3.39. The zero-order valence-electron chi connectivity index (χ0n) is 14.5. The summed E-state index contributed by atoms with van der Waals surface area (Å²) in [6.07, 6.45) is 5.13. The van der Waals surface area contributed by atoms with Gasteiger partial charge in [0, 0.05) is 22.5 Å². The van der Waals surface area contributed by atoms with Gasteiger partial charge in [0.05, 0.1) is 7.11 Å². The van der Waals surface area contributed by atoms with E-state index < -0.39 is 0 Å². The van der Waals surface area contributed by atoms with Crippen molar-refractivity contribution in [3.63, 3.8) is 0 Å². The molecule has 2 nitrogen and oxygen atoms in total. The van der Waals surface area contributed by atoms with Gasteiger partial charge in [-0.05, 0) is 54.3 Å². The van der Waals surface area contributed by atoms with E-state index in [1.54, 1.807) is 19.2 Å². The lowest BCUT2D eigenvalue weighted by molar-refractivity contribution is 0.415. The van der Waals surface area contributed by atoms with Crippen molar-refractivity contribution in [2.45, 2.75) is 38.5 Å². The van der Waals surface area contributed by atoms with Gasteiger partial charge in [-0.15, -0.1) is 0 Å². The van der Waals surface area contributed by atoms with Crippen molar-refractivity contribution >= 4 is 10.9 Å². The van der Waals surface area contributed by atoms with E-state index in [1.807, 2.05) is 18.2 Å². The molecule has 1 N–H and O–H groups in total. The Kier molecular flexibility index (Phi) is 4.61. The first-order valence-electron chi connectivity index (χ1n) is 8.56. The fraction of sp³-hybridized carbons (Fsp3) is 0.333. The molecule has 0 saturated carbocycles. The van der Waals surface area contributed by atoms with Crippen LogP contribution in [0.1, 0.15) is 44.2 Å². The van der Waals surface area contributed by atoms with E-state index >= 15 is 0 Å². The van der Waals surface area contributed by atoms with E-state index in [0.717, 1.165) is 36.1 Å². The zero-order chi connectivity index (χ0) is 17.2. The van der Waals surface area contributed by atoms with E-state index in [0.29, 0.717) is 0 Å². The molecule has 126 valence electrons. The molecular formula is C21H24FNO. The summed E-state index contributed by atoms with van der Waals surface area (Å²) in [7, 11) is 1.69. The number of hydrogen-bond acceptors (Lipinski definition) is 1. The molecule has 0 bridgehead atoms. The topological polar surface area (TPSA) is 25.0 Å². The number of aromatic nitrogens is 1. The number of methoxy groups -OCH3 is 1. The van der Waals surface area contributed by atoms with Crippen LogP contribution in [-0.2, 0) is 5.41 Å². The van der Waals surface area contributed by atoms with Gasteiger partial charge in [0.2, 0.25) is 0 Å². The Morgan fingerprint density at radius 3 is 2.46 bits per heavy atom. The number of hydrogen-bond donors (Lipinski definition) is 1. The number of nitrogens with one attached hydrogen (secondary N) is 1. The maximum absolute atomic E-state index is 13.4. The minimum atomic E-state index is -0.194. The van der Waals surface area contributed by atoms with Crippen molar-refractivity contribution in [3.8, 4) is 5.75 Å². The second-order valence-electron chi connectivity index (χ2n) is 6.31. The van der Waals surface area contributed by atoms with Gasteiger partial charge in [-0.1, -0.05) is 32.4 Å². The molecule has 0 fully saturated rings. The largest absolute Gasteiger partial charge is 0.497 e. The second kappa shape index (κ2) is 6.68. The van der Waals surface area contributed by atoms with Gasteiger partial charge >= 0.3 is 0 Å². The van der Waals surface area contributed by atoms with Gasteiger partial charge in [0.15, 0.2) is 0 Å². The summed E-state index contributed by atoms with van der Waals surface area (Å²) in [5.74, 6) is 0.657. The zero-order valence-corrected chi connectivity index (χ0v) is 14.5. The number of H-pyrrole nitrogens is 1. The Hall–Kier alpha value is -2.29. The summed E-state index contributed by atoms with van der Waals surface area (Å²) in [4.78, 5) is 3.39. The van der Waals surface area contributed by atoms with Crippen LogP contribution in [0.5, 0.6) is 5.75 Å². The predicted molar refractivity (Wildman–Crippen MR) is 97.2 cm³/mol. The maximum atomic E-state index is 13.4. The Balaban J connectivity index is 2.24.